The lowest BCUT2D eigenvalue weighted by atomic mass is 10.0. The van der Waals surface area contributed by atoms with Gasteiger partial charge in [0.1, 0.15) is 0 Å². The lowest BCUT2D eigenvalue weighted by molar-refractivity contribution is -0.124. The molecule has 7 nitrogen and oxygen atoms in total. The van der Waals surface area contributed by atoms with Gasteiger partial charge in [-0.2, -0.15) is 5.10 Å². The maximum atomic E-state index is 11.8. The van der Waals surface area contributed by atoms with Gasteiger partial charge in [0.25, 0.3) is 0 Å². The minimum absolute atomic E-state index is 0.0549. The normalized spacial score (nSPS) is 27.3. The molecule has 23 heavy (non-hydrogen) atoms. The molecule has 128 valence electrons. The average Bonchev–Trinajstić information content (AvgIpc) is 3.15. The Morgan fingerprint density at radius 1 is 1.52 bits per heavy atom. The number of hydrogen-bond donors (Lipinski definition) is 1. The van der Waals surface area contributed by atoms with Crippen LogP contribution in [0.25, 0.3) is 0 Å². The van der Waals surface area contributed by atoms with Crippen molar-refractivity contribution in [1.82, 2.24) is 20.0 Å². The number of aryl methyl sites for hydroxylation is 1. The van der Waals surface area contributed by atoms with Gasteiger partial charge in [-0.05, 0) is 6.42 Å². The van der Waals surface area contributed by atoms with E-state index in [1.807, 2.05) is 17.9 Å². The second kappa shape index (κ2) is 7.42. The monoisotopic (exact) mass is 322 g/mol. The molecule has 0 unspecified atom stereocenters. The molecule has 0 spiro atoms. The van der Waals surface area contributed by atoms with Crippen molar-refractivity contribution in [2.24, 2.45) is 13.0 Å². The molecule has 2 fully saturated rings. The number of carbonyl (C=O) groups excluding carboxylic acids is 1. The highest BCUT2D eigenvalue weighted by atomic mass is 16.5. The predicted molar refractivity (Wildman–Crippen MR) is 84.8 cm³/mol. The number of nitrogens with zero attached hydrogens (tertiary/aromatic N) is 3. The van der Waals surface area contributed by atoms with Crippen molar-refractivity contribution in [3.63, 3.8) is 0 Å². The minimum atomic E-state index is 0.0549. The van der Waals surface area contributed by atoms with Crippen molar-refractivity contribution >= 4 is 5.91 Å². The largest absolute Gasteiger partial charge is 0.383 e. The van der Waals surface area contributed by atoms with E-state index in [0.29, 0.717) is 25.5 Å². The van der Waals surface area contributed by atoms with Gasteiger partial charge < -0.3 is 14.8 Å². The third-order valence-corrected chi connectivity index (χ3v) is 4.60. The number of methoxy groups -OCH3 is 1. The van der Waals surface area contributed by atoms with Gasteiger partial charge >= 0.3 is 0 Å². The Hall–Kier alpha value is -1.44. The molecule has 1 aromatic rings. The molecule has 3 heterocycles. The summed E-state index contributed by atoms with van der Waals surface area (Å²) in [6, 6.07) is 0. The second-order valence-corrected chi connectivity index (χ2v) is 6.56. The van der Waals surface area contributed by atoms with E-state index in [-0.39, 0.29) is 18.1 Å². The van der Waals surface area contributed by atoms with Crippen LogP contribution in [0, 0.1) is 5.92 Å². The molecule has 2 aliphatic rings. The fourth-order valence-corrected chi connectivity index (χ4v) is 3.59. The lowest BCUT2D eigenvalue weighted by Gasteiger charge is -2.18. The summed E-state index contributed by atoms with van der Waals surface area (Å²) in [6.07, 6.45) is 5.74. The van der Waals surface area contributed by atoms with E-state index in [1.165, 1.54) is 5.56 Å². The van der Waals surface area contributed by atoms with Gasteiger partial charge in [0.15, 0.2) is 0 Å². The van der Waals surface area contributed by atoms with Gasteiger partial charge in [-0.15, -0.1) is 0 Å². The molecule has 0 bridgehead atoms. The maximum Gasteiger partial charge on any atom is 0.222 e. The van der Waals surface area contributed by atoms with Gasteiger partial charge in [0, 0.05) is 58.0 Å². The molecular formula is C16H26N4O3. The molecule has 2 aliphatic heterocycles. The van der Waals surface area contributed by atoms with E-state index in [4.69, 9.17) is 9.47 Å². The Labute approximate surface area is 136 Å². The molecule has 7 heteroatoms. The Morgan fingerprint density at radius 2 is 2.39 bits per heavy atom. The summed E-state index contributed by atoms with van der Waals surface area (Å²) in [5.41, 5.74) is 1.24. The molecule has 1 aromatic heterocycles. The van der Waals surface area contributed by atoms with Crippen LogP contribution in [0.15, 0.2) is 12.4 Å². The molecule has 3 rings (SSSR count). The average molecular weight is 322 g/mol. The molecule has 1 N–H and O–H groups in total. The molecule has 0 saturated carbocycles. The summed E-state index contributed by atoms with van der Waals surface area (Å²) in [4.78, 5) is 14.3. The number of nitrogens with one attached hydrogen (secondary N) is 1. The second-order valence-electron chi connectivity index (χ2n) is 6.56. The first-order valence-electron chi connectivity index (χ1n) is 8.25. The number of likely N-dealkylation sites (tertiary alicyclic amines) is 1. The first kappa shape index (κ1) is 16.4. The number of ether oxygens (including phenoxy) is 2. The van der Waals surface area contributed by atoms with Gasteiger partial charge in [0.05, 0.1) is 31.4 Å². The highest BCUT2D eigenvalue weighted by Crippen LogP contribution is 2.34. The van der Waals surface area contributed by atoms with Gasteiger partial charge in [-0.25, -0.2) is 0 Å². The third kappa shape index (κ3) is 4.31. The van der Waals surface area contributed by atoms with Crippen molar-refractivity contribution < 1.29 is 14.3 Å². The fourth-order valence-electron chi connectivity index (χ4n) is 3.59. The van der Waals surface area contributed by atoms with Crippen LogP contribution in [-0.2, 0) is 27.9 Å². The van der Waals surface area contributed by atoms with Crippen LogP contribution < -0.4 is 5.32 Å². The van der Waals surface area contributed by atoms with Crippen molar-refractivity contribution in [1.29, 1.82) is 0 Å². The van der Waals surface area contributed by atoms with E-state index in [9.17, 15) is 4.79 Å². The van der Waals surface area contributed by atoms with Crippen LogP contribution in [0.4, 0.5) is 0 Å². The van der Waals surface area contributed by atoms with Crippen molar-refractivity contribution in [2.75, 3.05) is 33.4 Å². The summed E-state index contributed by atoms with van der Waals surface area (Å²) in [6.45, 7) is 4.02. The smallest absolute Gasteiger partial charge is 0.222 e. The summed E-state index contributed by atoms with van der Waals surface area (Å²) < 4.78 is 12.8. The Bertz CT molecular complexity index is 519. The van der Waals surface area contributed by atoms with Crippen molar-refractivity contribution in [2.45, 2.75) is 31.6 Å². The number of hydrogen-bond acceptors (Lipinski definition) is 5. The minimum Gasteiger partial charge on any atom is -0.383 e. The fraction of sp³-hybridized carbons (Fsp3) is 0.750. The highest BCUT2D eigenvalue weighted by molar-refractivity contribution is 5.76. The molecule has 0 radical (unpaired) electrons. The van der Waals surface area contributed by atoms with E-state index in [2.05, 4.69) is 21.5 Å². The molecule has 1 amide bonds. The standard InChI is InChI=1S/C16H26N4O3/c1-19-8-12(7-18-19)9-20-10-13-5-14(23-15(13)11-20)6-16(21)17-3-4-22-2/h7-8,13-15H,3-6,9-11H2,1-2H3,(H,17,21)/t13-,14-,15+/m0/s1. The first-order valence-corrected chi connectivity index (χ1v) is 8.25. The van der Waals surface area contributed by atoms with Gasteiger partial charge in [-0.3, -0.25) is 14.4 Å². The van der Waals surface area contributed by atoms with Crippen molar-refractivity contribution in [3.8, 4) is 0 Å². The van der Waals surface area contributed by atoms with Crippen LogP contribution in [0.1, 0.15) is 18.4 Å². The van der Waals surface area contributed by atoms with Crippen LogP contribution in [0.5, 0.6) is 0 Å². The summed E-state index contributed by atoms with van der Waals surface area (Å²) in [5.74, 6) is 0.600. The zero-order chi connectivity index (χ0) is 16.2. The topological polar surface area (TPSA) is 68.6 Å². The van der Waals surface area contributed by atoms with Crippen molar-refractivity contribution in [3.05, 3.63) is 18.0 Å². The number of amides is 1. The number of aromatic nitrogens is 2. The summed E-state index contributed by atoms with van der Waals surface area (Å²) >= 11 is 0. The molecule has 0 aromatic carbocycles. The molecule has 0 aliphatic carbocycles. The number of fused-ring (bicyclic) bond motifs is 1. The zero-order valence-corrected chi connectivity index (χ0v) is 13.9. The van der Waals surface area contributed by atoms with Crippen LogP contribution >= 0.6 is 0 Å². The Kier molecular flexibility index (Phi) is 5.30. The lowest BCUT2D eigenvalue weighted by Crippen LogP contribution is -2.31. The highest BCUT2D eigenvalue weighted by Gasteiger charge is 2.42. The number of carbonyl (C=O) groups is 1. The molecule has 3 atom stereocenters. The van der Waals surface area contributed by atoms with E-state index in [0.717, 1.165) is 26.1 Å². The van der Waals surface area contributed by atoms with Gasteiger partial charge in [-0.1, -0.05) is 0 Å². The SMILES string of the molecule is COCCNC(=O)C[C@@H]1C[C@H]2CN(Cc3cnn(C)c3)C[C@H]2O1. The summed E-state index contributed by atoms with van der Waals surface area (Å²) in [5, 5.41) is 7.07. The zero-order valence-electron chi connectivity index (χ0n) is 13.9. The van der Waals surface area contributed by atoms with E-state index < -0.39 is 0 Å². The first-order chi connectivity index (χ1) is 11.1. The predicted octanol–water partition coefficient (Wildman–Crippen LogP) is 0.162. The number of rotatable bonds is 7. The Morgan fingerprint density at radius 3 is 3.09 bits per heavy atom. The van der Waals surface area contributed by atoms with Crippen LogP contribution in [0.2, 0.25) is 0 Å². The van der Waals surface area contributed by atoms with Crippen LogP contribution in [0.3, 0.4) is 0 Å². The molecule has 2 saturated heterocycles. The van der Waals surface area contributed by atoms with Crippen LogP contribution in [-0.4, -0.2) is 66.1 Å². The van der Waals surface area contributed by atoms with E-state index >= 15 is 0 Å². The summed E-state index contributed by atoms with van der Waals surface area (Å²) in [7, 11) is 3.57. The van der Waals surface area contributed by atoms with E-state index in [1.54, 1.807) is 7.11 Å². The Balaban J connectivity index is 1.40. The molecular weight excluding hydrogens is 296 g/mol. The third-order valence-electron chi connectivity index (χ3n) is 4.60. The maximum absolute atomic E-state index is 11.8. The van der Waals surface area contributed by atoms with Gasteiger partial charge in [0.2, 0.25) is 5.91 Å². The quantitative estimate of drug-likeness (QED) is 0.725.